The lowest BCUT2D eigenvalue weighted by molar-refractivity contribution is -0.118. The molecule has 3 aromatic rings. The second-order valence-electron chi connectivity index (χ2n) is 6.54. The van der Waals surface area contributed by atoms with Gasteiger partial charge in [0.2, 0.25) is 0 Å². The zero-order valence-electron chi connectivity index (χ0n) is 17.0. The van der Waals surface area contributed by atoms with Crippen LogP contribution in [0.25, 0.3) is 11.1 Å². The summed E-state index contributed by atoms with van der Waals surface area (Å²) in [6, 6.07) is 12.9. The number of hydrogen-bond donors (Lipinski definition) is 1. The summed E-state index contributed by atoms with van der Waals surface area (Å²) in [5, 5.41) is 5.60. The predicted molar refractivity (Wildman–Crippen MR) is 128 cm³/mol. The molecule has 162 valence electrons. The topological polar surface area (TPSA) is 64.6 Å². The first-order chi connectivity index (χ1) is 14.9. The number of ether oxygens (including phenoxy) is 2. The average Bonchev–Trinajstić information content (AvgIpc) is 3.17. The first-order valence-corrected chi connectivity index (χ1v) is 11.7. The Balaban J connectivity index is 1.78. The van der Waals surface area contributed by atoms with E-state index in [0.717, 1.165) is 22.0 Å². The molecule has 5 nitrogen and oxygen atoms in total. The van der Waals surface area contributed by atoms with Crippen LogP contribution in [0.4, 0.5) is 5.00 Å². The molecule has 31 heavy (non-hydrogen) atoms. The lowest BCUT2D eigenvalue weighted by Crippen LogP contribution is -2.21. The van der Waals surface area contributed by atoms with Gasteiger partial charge in [-0.25, -0.2) is 4.79 Å². The van der Waals surface area contributed by atoms with Crippen LogP contribution in [-0.4, -0.2) is 25.1 Å². The van der Waals surface area contributed by atoms with Gasteiger partial charge in [-0.15, -0.1) is 11.3 Å². The van der Waals surface area contributed by atoms with Crippen LogP contribution >= 0.6 is 38.9 Å². The van der Waals surface area contributed by atoms with E-state index in [-0.39, 0.29) is 19.1 Å². The molecule has 1 N–H and O–H groups in total. The van der Waals surface area contributed by atoms with Gasteiger partial charge in [0.15, 0.2) is 6.61 Å². The van der Waals surface area contributed by atoms with Crippen LogP contribution in [0.5, 0.6) is 5.75 Å². The van der Waals surface area contributed by atoms with E-state index in [1.807, 2.05) is 35.7 Å². The van der Waals surface area contributed by atoms with Crippen molar-refractivity contribution >= 4 is 55.7 Å². The van der Waals surface area contributed by atoms with E-state index in [9.17, 15) is 9.59 Å². The largest absolute Gasteiger partial charge is 0.483 e. The summed E-state index contributed by atoms with van der Waals surface area (Å²) < 4.78 is 11.6. The molecule has 1 heterocycles. The highest BCUT2D eigenvalue weighted by molar-refractivity contribution is 9.10. The van der Waals surface area contributed by atoms with Crippen LogP contribution in [-0.2, 0) is 16.0 Å². The van der Waals surface area contributed by atoms with E-state index in [1.165, 1.54) is 11.3 Å². The lowest BCUT2D eigenvalue weighted by Gasteiger charge is -2.11. The molecule has 1 aromatic heterocycles. The second kappa shape index (κ2) is 10.8. The third kappa shape index (κ3) is 5.87. The molecule has 8 heteroatoms. The maximum absolute atomic E-state index is 12.6. The summed E-state index contributed by atoms with van der Waals surface area (Å²) in [7, 11) is 0. The highest BCUT2D eigenvalue weighted by atomic mass is 79.9. The highest BCUT2D eigenvalue weighted by Crippen LogP contribution is 2.36. The standard InChI is InChI=1S/C23H21BrClNO4S/c1-3-14-5-10-19(18(24)11-14)30-12-20(27)26-22-21(23(28)29-4-2)17(13-31-22)15-6-8-16(25)9-7-15/h5-11,13H,3-4,12H2,1-2H3,(H,26,27). The summed E-state index contributed by atoms with van der Waals surface area (Å²) in [4.78, 5) is 25.2. The molecule has 0 saturated carbocycles. The van der Waals surface area contributed by atoms with Gasteiger partial charge >= 0.3 is 5.97 Å². The number of amides is 1. The van der Waals surface area contributed by atoms with Crippen molar-refractivity contribution in [1.29, 1.82) is 0 Å². The smallest absolute Gasteiger partial charge is 0.341 e. The number of aryl methyl sites for hydroxylation is 1. The van der Waals surface area contributed by atoms with Crippen LogP contribution in [0, 0.1) is 0 Å². The second-order valence-corrected chi connectivity index (χ2v) is 8.71. The van der Waals surface area contributed by atoms with Crippen molar-refractivity contribution in [2.24, 2.45) is 0 Å². The van der Waals surface area contributed by atoms with Crippen LogP contribution in [0.15, 0.2) is 52.3 Å². The maximum Gasteiger partial charge on any atom is 0.341 e. The summed E-state index contributed by atoms with van der Waals surface area (Å²) in [5.74, 6) is -0.296. The molecule has 2 aromatic carbocycles. The Labute approximate surface area is 198 Å². The molecule has 0 bridgehead atoms. The number of carbonyl (C=O) groups excluding carboxylic acids is 2. The van der Waals surface area contributed by atoms with Gasteiger partial charge in [-0.3, -0.25) is 4.79 Å². The van der Waals surface area contributed by atoms with Gasteiger partial charge in [0.25, 0.3) is 5.91 Å². The summed E-state index contributed by atoms with van der Waals surface area (Å²) in [6.07, 6.45) is 0.907. The van der Waals surface area contributed by atoms with Crippen molar-refractivity contribution in [3.8, 4) is 16.9 Å². The monoisotopic (exact) mass is 521 g/mol. The molecule has 0 aliphatic carbocycles. The number of halogens is 2. The van der Waals surface area contributed by atoms with Gasteiger partial charge in [-0.05, 0) is 64.7 Å². The van der Waals surface area contributed by atoms with Gasteiger partial charge in [0.1, 0.15) is 16.3 Å². The Morgan fingerprint density at radius 3 is 2.52 bits per heavy atom. The number of rotatable bonds is 8. The fraction of sp³-hybridized carbons (Fsp3) is 0.217. The fourth-order valence-electron chi connectivity index (χ4n) is 2.89. The molecule has 0 aliphatic rings. The number of hydrogen-bond acceptors (Lipinski definition) is 5. The molecule has 0 atom stereocenters. The Morgan fingerprint density at radius 1 is 1.13 bits per heavy atom. The quantitative estimate of drug-likeness (QED) is 0.339. The van der Waals surface area contributed by atoms with Crippen LogP contribution in [0.2, 0.25) is 5.02 Å². The zero-order valence-corrected chi connectivity index (χ0v) is 20.2. The van der Waals surface area contributed by atoms with Crippen molar-refractivity contribution < 1.29 is 19.1 Å². The molecular weight excluding hydrogens is 502 g/mol. The summed E-state index contributed by atoms with van der Waals surface area (Å²) in [6.45, 7) is 3.84. The maximum atomic E-state index is 12.6. The van der Waals surface area contributed by atoms with Crippen molar-refractivity contribution in [2.75, 3.05) is 18.5 Å². The molecule has 0 saturated heterocycles. The third-order valence-electron chi connectivity index (χ3n) is 4.44. The fourth-order valence-corrected chi connectivity index (χ4v) is 4.53. The number of esters is 1. The summed E-state index contributed by atoms with van der Waals surface area (Å²) >= 11 is 10.7. The highest BCUT2D eigenvalue weighted by Gasteiger charge is 2.23. The predicted octanol–water partition coefficient (Wildman–Crippen LogP) is 6.59. The van der Waals surface area contributed by atoms with E-state index in [4.69, 9.17) is 21.1 Å². The van der Waals surface area contributed by atoms with E-state index >= 15 is 0 Å². The van der Waals surface area contributed by atoms with Gasteiger partial charge in [0.05, 0.1) is 11.1 Å². The zero-order chi connectivity index (χ0) is 22.4. The first-order valence-electron chi connectivity index (χ1n) is 9.68. The van der Waals surface area contributed by atoms with Crippen molar-refractivity contribution in [2.45, 2.75) is 20.3 Å². The number of benzene rings is 2. The first kappa shape index (κ1) is 23.3. The minimum absolute atomic E-state index is 0.194. The van der Waals surface area contributed by atoms with Crippen molar-refractivity contribution in [1.82, 2.24) is 0 Å². The lowest BCUT2D eigenvalue weighted by atomic mass is 10.0. The number of nitrogens with one attached hydrogen (secondary N) is 1. The molecule has 0 spiro atoms. The number of anilines is 1. The molecule has 0 aliphatic heterocycles. The van der Waals surface area contributed by atoms with Crippen LogP contribution in [0.3, 0.4) is 0 Å². The molecule has 0 unspecified atom stereocenters. The van der Waals surface area contributed by atoms with Gasteiger partial charge < -0.3 is 14.8 Å². The van der Waals surface area contributed by atoms with E-state index in [0.29, 0.717) is 26.9 Å². The molecule has 0 fully saturated rings. The Bertz CT molecular complexity index is 1080. The van der Waals surface area contributed by atoms with Gasteiger partial charge in [-0.1, -0.05) is 36.7 Å². The number of thiophene rings is 1. The van der Waals surface area contributed by atoms with Crippen molar-refractivity contribution in [3.05, 3.63) is 68.5 Å². The van der Waals surface area contributed by atoms with E-state index in [2.05, 4.69) is 28.2 Å². The Hall–Kier alpha value is -2.35. The van der Waals surface area contributed by atoms with Gasteiger partial charge in [0, 0.05) is 16.0 Å². The van der Waals surface area contributed by atoms with Gasteiger partial charge in [-0.2, -0.15) is 0 Å². The number of carbonyl (C=O) groups is 2. The van der Waals surface area contributed by atoms with Crippen LogP contribution in [0.1, 0.15) is 29.8 Å². The molecule has 0 radical (unpaired) electrons. The molecule has 1 amide bonds. The SMILES string of the molecule is CCOC(=O)c1c(-c2ccc(Cl)cc2)csc1NC(=O)COc1ccc(CC)cc1Br. The van der Waals surface area contributed by atoms with E-state index in [1.54, 1.807) is 19.1 Å². The average molecular weight is 523 g/mol. The Morgan fingerprint density at radius 2 is 1.87 bits per heavy atom. The Kier molecular flexibility index (Phi) is 8.12. The summed E-state index contributed by atoms with van der Waals surface area (Å²) in [5.41, 5.74) is 2.96. The van der Waals surface area contributed by atoms with E-state index < -0.39 is 5.97 Å². The van der Waals surface area contributed by atoms with Crippen LogP contribution < -0.4 is 10.1 Å². The molecular formula is C23H21BrClNO4S. The third-order valence-corrected chi connectivity index (χ3v) is 6.21. The minimum Gasteiger partial charge on any atom is -0.483 e. The normalized spacial score (nSPS) is 10.6. The molecule has 3 rings (SSSR count). The van der Waals surface area contributed by atoms with Crippen molar-refractivity contribution in [3.63, 3.8) is 0 Å². The minimum atomic E-state index is -0.497.